The number of aromatic nitrogens is 3. The van der Waals surface area contributed by atoms with E-state index in [1.54, 1.807) is 12.3 Å². The van der Waals surface area contributed by atoms with Crippen LogP contribution in [0.3, 0.4) is 0 Å². The van der Waals surface area contributed by atoms with Crippen molar-refractivity contribution in [2.24, 2.45) is 0 Å². The Kier molecular flexibility index (Phi) is 4.31. The van der Waals surface area contributed by atoms with E-state index in [1.807, 2.05) is 19.1 Å². The Labute approximate surface area is 133 Å². The Hall–Kier alpha value is -2.77. The summed E-state index contributed by atoms with van der Waals surface area (Å²) in [7, 11) is 0. The quantitative estimate of drug-likeness (QED) is 0.682. The second kappa shape index (κ2) is 6.55. The van der Waals surface area contributed by atoms with Gasteiger partial charge in [-0.05, 0) is 37.5 Å². The molecule has 1 aliphatic heterocycles. The number of hydrogen-bond acceptors (Lipinski definition) is 7. The topological polar surface area (TPSA) is 97.1 Å². The number of nitro groups is 1. The summed E-state index contributed by atoms with van der Waals surface area (Å²) in [4.78, 5) is 16.7. The van der Waals surface area contributed by atoms with Gasteiger partial charge < -0.3 is 10.2 Å². The molecule has 1 fully saturated rings. The molecule has 23 heavy (non-hydrogen) atoms. The zero-order valence-electron chi connectivity index (χ0n) is 12.8. The normalized spacial score (nSPS) is 15.4. The lowest BCUT2D eigenvalue weighted by molar-refractivity contribution is -0.385. The predicted octanol–water partition coefficient (Wildman–Crippen LogP) is 2.17. The second-order valence-corrected chi connectivity index (χ2v) is 5.60. The first kappa shape index (κ1) is 15.1. The minimum absolute atomic E-state index is 0.0190. The lowest BCUT2D eigenvalue weighted by atomic mass is 10.0. The maximum absolute atomic E-state index is 10.8. The standard InChI is InChI=1S/C15H18N6O2/c1-11-9-13(21(22)23)10-16-15(11)18-12-4-7-20(8-5-12)14-3-2-6-17-19-14/h2-3,6,9-10,12H,4-5,7-8H2,1H3,(H,16,18). The van der Waals surface area contributed by atoms with Crippen LogP contribution >= 0.6 is 0 Å². The molecule has 0 atom stereocenters. The number of hydrogen-bond donors (Lipinski definition) is 1. The first-order chi connectivity index (χ1) is 11.1. The average molecular weight is 314 g/mol. The fourth-order valence-corrected chi connectivity index (χ4v) is 2.72. The summed E-state index contributed by atoms with van der Waals surface area (Å²) in [5.74, 6) is 1.61. The maximum Gasteiger partial charge on any atom is 0.287 e. The molecule has 3 rings (SSSR count). The highest BCUT2D eigenvalue weighted by Crippen LogP contribution is 2.22. The molecule has 2 aromatic rings. The van der Waals surface area contributed by atoms with E-state index < -0.39 is 4.92 Å². The third kappa shape index (κ3) is 3.53. The van der Waals surface area contributed by atoms with Crippen molar-refractivity contribution in [2.75, 3.05) is 23.3 Å². The Morgan fingerprint density at radius 3 is 2.78 bits per heavy atom. The Bertz CT molecular complexity index is 686. The summed E-state index contributed by atoms with van der Waals surface area (Å²) in [5, 5.41) is 22.2. The van der Waals surface area contributed by atoms with Crippen molar-refractivity contribution in [3.63, 3.8) is 0 Å². The summed E-state index contributed by atoms with van der Waals surface area (Å²) in [6, 6.07) is 5.69. The van der Waals surface area contributed by atoms with Crippen LogP contribution in [0.2, 0.25) is 0 Å². The van der Waals surface area contributed by atoms with Gasteiger partial charge in [0, 0.05) is 31.4 Å². The summed E-state index contributed by atoms with van der Waals surface area (Å²) in [5.41, 5.74) is 0.807. The number of piperidine rings is 1. The van der Waals surface area contributed by atoms with Crippen LogP contribution in [-0.2, 0) is 0 Å². The Balaban J connectivity index is 1.60. The van der Waals surface area contributed by atoms with Gasteiger partial charge in [-0.3, -0.25) is 10.1 Å². The highest BCUT2D eigenvalue weighted by atomic mass is 16.6. The molecule has 8 nitrogen and oxygen atoms in total. The highest BCUT2D eigenvalue weighted by molar-refractivity contribution is 5.49. The smallest absolute Gasteiger partial charge is 0.287 e. The largest absolute Gasteiger partial charge is 0.367 e. The van der Waals surface area contributed by atoms with E-state index >= 15 is 0 Å². The number of pyridine rings is 1. The molecular formula is C15H18N6O2. The number of anilines is 2. The molecule has 0 bridgehead atoms. The van der Waals surface area contributed by atoms with Crippen LogP contribution in [-0.4, -0.2) is 39.2 Å². The van der Waals surface area contributed by atoms with Gasteiger partial charge in [0.2, 0.25) is 0 Å². The fourth-order valence-electron chi connectivity index (χ4n) is 2.72. The second-order valence-electron chi connectivity index (χ2n) is 5.60. The lowest BCUT2D eigenvalue weighted by Crippen LogP contribution is -2.39. The third-order valence-electron chi connectivity index (χ3n) is 3.99. The van der Waals surface area contributed by atoms with Gasteiger partial charge in [0.05, 0.1) is 4.92 Å². The molecule has 0 amide bonds. The Morgan fingerprint density at radius 1 is 1.39 bits per heavy atom. The first-order valence-corrected chi connectivity index (χ1v) is 7.53. The van der Waals surface area contributed by atoms with Crippen LogP contribution in [0.15, 0.2) is 30.6 Å². The van der Waals surface area contributed by atoms with Gasteiger partial charge in [-0.25, -0.2) is 4.98 Å². The van der Waals surface area contributed by atoms with Crippen LogP contribution < -0.4 is 10.2 Å². The molecule has 0 radical (unpaired) electrons. The van der Waals surface area contributed by atoms with E-state index in [2.05, 4.69) is 25.4 Å². The molecule has 0 saturated carbocycles. The van der Waals surface area contributed by atoms with Gasteiger partial charge in [-0.15, -0.1) is 5.10 Å². The maximum atomic E-state index is 10.8. The summed E-state index contributed by atoms with van der Waals surface area (Å²) < 4.78 is 0. The van der Waals surface area contributed by atoms with Crippen molar-refractivity contribution >= 4 is 17.3 Å². The molecule has 3 heterocycles. The molecule has 0 aromatic carbocycles. The van der Waals surface area contributed by atoms with E-state index in [0.29, 0.717) is 11.9 Å². The SMILES string of the molecule is Cc1cc([N+](=O)[O-])cnc1NC1CCN(c2cccnn2)CC1. The average Bonchev–Trinajstić information content (AvgIpc) is 2.58. The van der Waals surface area contributed by atoms with Crippen molar-refractivity contribution in [1.29, 1.82) is 0 Å². The van der Waals surface area contributed by atoms with E-state index in [-0.39, 0.29) is 5.69 Å². The molecule has 0 unspecified atom stereocenters. The van der Waals surface area contributed by atoms with Crippen LogP contribution in [0.25, 0.3) is 0 Å². The van der Waals surface area contributed by atoms with Crippen LogP contribution in [0, 0.1) is 17.0 Å². The monoisotopic (exact) mass is 314 g/mol. The first-order valence-electron chi connectivity index (χ1n) is 7.53. The van der Waals surface area contributed by atoms with Crippen molar-refractivity contribution in [2.45, 2.75) is 25.8 Å². The molecule has 2 aromatic heterocycles. The molecule has 120 valence electrons. The predicted molar refractivity (Wildman–Crippen MR) is 86.5 cm³/mol. The third-order valence-corrected chi connectivity index (χ3v) is 3.99. The van der Waals surface area contributed by atoms with Gasteiger partial charge in [0.15, 0.2) is 5.82 Å². The molecule has 1 saturated heterocycles. The van der Waals surface area contributed by atoms with Gasteiger partial charge in [-0.2, -0.15) is 5.10 Å². The minimum atomic E-state index is -0.427. The number of rotatable bonds is 4. The Morgan fingerprint density at radius 2 is 2.17 bits per heavy atom. The van der Waals surface area contributed by atoms with Gasteiger partial charge in [0.1, 0.15) is 12.0 Å². The molecular weight excluding hydrogens is 296 g/mol. The molecule has 0 aliphatic carbocycles. The fraction of sp³-hybridized carbons (Fsp3) is 0.400. The van der Waals surface area contributed by atoms with Crippen molar-refractivity contribution in [3.8, 4) is 0 Å². The number of nitrogens with one attached hydrogen (secondary N) is 1. The van der Waals surface area contributed by atoms with E-state index in [0.717, 1.165) is 37.3 Å². The zero-order chi connectivity index (χ0) is 16.2. The zero-order valence-corrected chi connectivity index (χ0v) is 12.8. The number of aryl methyl sites for hydroxylation is 1. The van der Waals surface area contributed by atoms with Gasteiger partial charge in [0.25, 0.3) is 5.69 Å². The van der Waals surface area contributed by atoms with E-state index in [1.165, 1.54) is 6.20 Å². The minimum Gasteiger partial charge on any atom is -0.367 e. The lowest BCUT2D eigenvalue weighted by Gasteiger charge is -2.33. The molecule has 1 aliphatic rings. The van der Waals surface area contributed by atoms with Crippen LogP contribution in [0.1, 0.15) is 18.4 Å². The summed E-state index contributed by atoms with van der Waals surface area (Å²) >= 11 is 0. The van der Waals surface area contributed by atoms with E-state index in [9.17, 15) is 10.1 Å². The van der Waals surface area contributed by atoms with E-state index in [4.69, 9.17) is 0 Å². The summed E-state index contributed by atoms with van der Waals surface area (Å²) in [6.45, 7) is 3.61. The number of nitrogens with zero attached hydrogens (tertiary/aromatic N) is 5. The van der Waals surface area contributed by atoms with Crippen LogP contribution in [0.4, 0.5) is 17.3 Å². The highest BCUT2D eigenvalue weighted by Gasteiger charge is 2.21. The van der Waals surface area contributed by atoms with Crippen molar-refractivity contribution in [3.05, 3.63) is 46.3 Å². The molecule has 1 N–H and O–H groups in total. The van der Waals surface area contributed by atoms with Crippen molar-refractivity contribution < 1.29 is 4.92 Å². The van der Waals surface area contributed by atoms with Gasteiger partial charge >= 0.3 is 0 Å². The molecule has 0 spiro atoms. The molecule has 8 heteroatoms. The van der Waals surface area contributed by atoms with Crippen molar-refractivity contribution in [1.82, 2.24) is 15.2 Å². The van der Waals surface area contributed by atoms with Crippen LogP contribution in [0.5, 0.6) is 0 Å². The van der Waals surface area contributed by atoms with Gasteiger partial charge in [-0.1, -0.05) is 0 Å². The summed E-state index contributed by atoms with van der Waals surface area (Å²) in [6.07, 6.45) is 4.87.